The highest BCUT2D eigenvalue weighted by atomic mass is 19.4. The average molecular weight is 503 g/mol. The third-order valence-electron chi connectivity index (χ3n) is 4.67. The summed E-state index contributed by atoms with van der Waals surface area (Å²) in [6.07, 6.45) is -12.5. The van der Waals surface area contributed by atoms with Gasteiger partial charge in [-0.1, -0.05) is 44.2 Å². The molecule has 190 valence electrons. The van der Waals surface area contributed by atoms with Gasteiger partial charge in [-0.3, -0.25) is 0 Å². The van der Waals surface area contributed by atoms with E-state index >= 15 is 0 Å². The van der Waals surface area contributed by atoms with Gasteiger partial charge in [0.15, 0.2) is 6.10 Å². The maximum absolute atomic E-state index is 14.4. The van der Waals surface area contributed by atoms with E-state index in [1.165, 1.54) is 18.2 Å². The standard InChI is InChI=1S/C23H18F7NO2.C2H6/c24-20-11-16(22(25,26)27)10-9-15(20)13-31(14-21(32)23(28,29)30)17-5-4-8-19(12-17)33-18-6-2-1-3-7-18;1-2/h1-12,21,32H,13-14H2;1-2H3. The molecule has 0 aliphatic heterocycles. The molecule has 0 radical (unpaired) electrons. The van der Waals surface area contributed by atoms with Gasteiger partial charge in [-0.2, -0.15) is 26.3 Å². The van der Waals surface area contributed by atoms with E-state index in [1.54, 1.807) is 36.4 Å². The molecule has 1 atom stereocenters. The molecule has 1 unspecified atom stereocenters. The van der Waals surface area contributed by atoms with E-state index in [4.69, 9.17) is 4.74 Å². The highest BCUT2D eigenvalue weighted by Crippen LogP contribution is 2.32. The molecular formula is C25H24F7NO2. The zero-order valence-electron chi connectivity index (χ0n) is 18.9. The van der Waals surface area contributed by atoms with Crippen LogP contribution in [0.1, 0.15) is 25.0 Å². The van der Waals surface area contributed by atoms with Crippen molar-refractivity contribution >= 4 is 5.69 Å². The molecule has 35 heavy (non-hydrogen) atoms. The Labute approximate surface area is 198 Å². The van der Waals surface area contributed by atoms with E-state index in [0.29, 0.717) is 11.8 Å². The van der Waals surface area contributed by atoms with Crippen molar-refractivity contribution in [1.82, 2.24) is 0 Å². The van der Waals surface area contributed by atoms with E-state index < -0.39 is 42.9 Å². The van der Waals surface area contributed by atoms with Crippen LogP contribution in [0, 0.1) is 5.82 Å². The highest BCUT2D eigenvalue weighted by molar-refractivity contribution is 5.52. The summed E-state index contributed by atoms with van der Waals surface area (Å²) in [6, 6.07) is 16.2. The van der Waals surface area contributed by atoms with Crippen LogP contribution in [-0.4, -0.2) is 23.9 Å². The number of halogens is 7. The Hall–Kier alpha value is -3.27. The van der Waals surface area contributed by atoms with Crippen LogP contribution in [-0.2, 0) is 12.7 Å². The summed E-state index contributed by atoms with van der Waals surface area (Å²) in [7, 11) is 0. The minimum Gasteiger partial charge on any atom is -0.457 e. The third-order valence-corrected chi connectivity index (χ3v) is 4.67. The van der Waals surface area contributed by atoms with Crippen LogP contribution in [0.15, 0.2) is 72.8 Å². The summed E-state index contributed by atoms with van der Waals surface area (Å²) in [5, 5.41) is 9.58. The van der Waals surface area contributed by atoms with Crippen LogP contribution < -0.4 is 9.64 Å². The van der Waals surface area contributed by atoms with Crippen molar-refractivity contribution in [3.05, 3.63) is 89.7 Å². The Bertz CT molecular complexity index is 1070. The quantitative estimate of drug-likeness (QED) is 0.337. The second kappa shape index (κ2) is 11.9. The molecule has 0 heterocycles. The lowest BCUT2D eigenvalue weighted by atomic mass is 10.1. The fraction of sp³-hybridized carbons (Fsp3) is 0.280. The van der Waals surface area contributed by atoms with Crippen LogP contribution in [0.2, 0.25) is 0 Å². The van der Waals surface area contributed by atoms with E-state index in [1.807, 2.05) is 13.8 Å². The van der Waals surface area contributed by atoms with Gasteiger partial charge in [0.25, 0.3) is 0 Å². The fourth-order valence-corrected chi connectivity index (χ4v) is 3.00. The van der Waals surface area contributed by atoms with Gasteiger partial charge in [0.1, 0.15) is 17.3 Å². The van der Waals surface area contributed by atoms with E-state index in [-0.39, 0.29) is 23.1 Å². The van der Waals surface area contributed by atoms with Gasteiger partial charge in [0.2, 0.25) is 0 Å². The lowest BCUT2D eigenvalue weighted by Gasteiger charge is -2.29. The number of para-hydroxylation sites is 1. The molecule has 3 rings (SSSR count). The van der Waals surface area contributed by atoms with Crippen molar-refractivity contribution in [2.45, 2.75) is 38.8 Å². The second-order valence-corrected chi connectivity index (χ2v) is 7.15. The average Bonchev–Trinajstić information content (AvgIpc) is 2.80. The lowest BCUT2D eigenvalue weighted by Crippen LogP contribution is -2.41. The maximum atomic E-state index is 14.4. The van der Waals surface area contributed by atoms with Gasteiger partial charge in [-0.25, -0.2) is 4.39 Å². The molecule has 3 aromatic carbocycles. The molecule has 0 aliphatic carbocycles. The number of aliphatic hydroxyl groups excluding tert-OH is 1. The number of nitrogens with zero attached hydrogens (tertiary/aromatic N) is 1. The summed E-state index contributed by atoms with van der Waals surface area (Å²) < 4.78 is 97.4. The van der Waals surface area contributed by atoms with Crippen LogP contribution in [0.5, 0.6) is 11.5 Å². The number of ether oxygens (including phenoxy) is 1. The number of aliphatic hydroxyl groups is 1. The van der Waals surface area contributed by atoms with Crippen LogP contribution in [0.4, 0.5) is 36.4 Å². The summed E-state index contributed by atoms with van der Waals surface area (Å²) in [4.78, 5) is 1.02. The van der Waals surface area contributed by atoms with Gasteiger partial charge in [-0.15, -0.1) is 0 Å². The van der Waals surface area contributed by atoms with Crippen molar-refractivity contribution in [1.29, 1.82) is 0 Å². The van der Waals surface area contributed by atoms with E-state index in [9.17, 15) is 35.8 Å². The van der Waals surface area contributed by atoms with Gasteiger partial charge < -0.3 is 14.7 Å². The Morgan fingerprint density at radius 3 is 2.03 bits per heavy atom. The summed E-state index contributed by atoms with van der Waals surface area (Å²) in [5.41, 5.74) is -1.35. The molecule has 0 fully saturated rings. The van der Waals surface area contributed by atoms with E-state index in [2.05, 4.69) is 0 Å². The smallest absolute Gasteiger partial charge is 0.416 e. The van der Waals surface area contributed by atoms with Gasteiger partial charge in [-0.05, 0) is 36.4 Å². The number of hydrogen-bond donors (Lipinski definition) is 1. The van der Waals surface area contributed by atoms with Crippen LogP contribution >= 0.6 is 0 Å². The van der Waals surface area contributed by atoms with Crippen molar-refractivity contribution in [2.75, 3.05) is 11.4 Å². The number of rotatable bonds is 7. The van der Waals surface area contributed by atoms with Crippen molar-refractivity contribution in [3.8, 4) is 11.5 Å². The minimum atomic E-state index is -4.95. The topological polar surface area (TPSA) is 32.7 Å². The first-order valence-corrected chi connectivity index (χ1v) is 10.6. The largest absolute Gasteiger partial charge is 0.457 e. The Morgan fingerprint density at radius 2 is 1.46 bits per heavy atom. The summed E-state index contributed by atoms with van der Waals surface area (Å²) in [6.45, 7) is 2.50. The molecule has 0 amide bonds. The van der Waals surface area contributed by atoms with Crippen LogP contribution in [0.3, 0.4) is 0 Å². The molecule has 0 aliphatic rings. The number of hydrogen-bond acceptors (Lipinski definition) is 3. The van der Waals surface area contributed by atoms with Crippen molar-refractivity contribution in [2.24, 2.45) is 0 Å². The molecule has 3 aromatic rings. The molecular weight excluding hydrogens is 479 g/mol. The predicted octanol–water partition coefficient (Wildman–Crippen LogP) is 7.59. The van der Waals surface area contributed by atoms with Crippen LogP contribution in [0.25, 0.3) is 0 Å². The molecule has 0 aromatic heterocycles. The first kappa shape index (κ1) is 28.0. The minimum absolute atomic E-state index is 0.144. The normalized spacial score (nSPS) is 12.4. The first-order chi connectivity index (χ1) is 16.4. The maximum Gasteiger partial charge on any atom is 0.416 e. The fourth-order valence-electron chi connectivity index (χ4n) is 3.00. The number of anilines is 1. The highest BCUT2D eigenvalue weighted by Gasteiger charge is 2.39. The molecule has 0 bridgehead atoms. The molecule has 0 saturated heterocycles. The predicted molar refractivity (Wildman–Crippen MR) is 119 cm³/mol. The Balaban J connectivity index is 0.00000210. The monoisotopic (exact) mass is 503 g/mol. The van der Waals surface area contributed by atoms with E-state index in [0.717, 1.165) is 11.0 Å². The Kier molecular flexibility index (Phi) is 9.53. The van der Waals surface area contributed by atoms with Crippen molar-refractivity contribution in [3.63, 3.8) is 0 Å². The summed E-state index contributed by atoms with van der Waals surface area (Å²) in [5.74, 6) is -0.503. The lowest BCUT2D eigenvalue weighted by molar-refractivity contribution is -0.200. The van der Waals surface area contributed by atoms with Crippen molar-refractivity contribution < 1.29 is 40.6 Å². The zero-order valence-corrected chi connectivity index (χ0v) is 18.9. The van der Waals surface area contributed by atoms with Gasteiger partial charge in [0.05, 0.1) is 12.1 Å². The third kappa shape index (κ3) is 8.17. The van der Waals surface area contributed by atoms with Gasteiger partial charge >= 0.3 is 12.4 Å². The Morgan fingerprint density at radius 1 is 0.829 bits per heavy atom. The molecule has 0 saturated carbocycles. The molecule has 1 N–H and O–H groups in total. The molecule has 10 heteroatoms. The van der Waals surface area contributed by atoms with Gasteiger partial charge in [0, 0.05) is 23.9 Å². The molecule has 0 spiro atoms. The number of alkyl halides is 6. The molecule has 3 nitrogen and oxygen atoms in total. The summed E-state index contributed by atoms with van der Waals surface area (Å²) >= 11 is 0. The second-order valence-electron chi connectivity index (χ2n) is 7.15. The zero-order chi connectivity index (χ0) is 26.2. The first-order valence-electron chi connectivity index (χ1n) is 10.6. The number of benzene rings is 3. The SMILES string of the molecule is CC.OC(CN(Cc1ccc(C(F)(F)F)cc1F)c1cccc(Oc2ccccc2)c1)C(F)(F)F.